The number of ether oxygens (including phenoxy) is 1. The molecule has 0 N–H and O–H groups in total. The Hall–Kier alpha value is -2.82. The molecule has 1 heterocycles. The Labute approximate surface area is 161 Å². The van der Waals surface area contributed by atoms with Gasteiger partial charge < -0.3 is 9.64 Å². The lowest BCUT2D eigenvalue weighted by molar-refractivity contribution is -0.142. The summed E-state index contributed by atoms with van der Waals surface area (Å²) >= 11 is 0. The summed E-state index contributed by atoms with van der Waals surface area (Å²) in [4.78, 5) is 21.8. The van der Waals surface area contributed by atoms with Crippen LogP contribution in [0.1, 0.15) is 26.7 Å². The molecule has 2 aromatic carbocycles. The van der Waals surface area contributed by atoms with Gasteiger partial charge >= 0.3 is 5.97 Å². The summed E-state index contributed by atoms with van der Waals surface area (Å²) in [5.41, 5.74) is 1.81. The van der Waals surface area contributed by atoms with Gasteiger partial charge in [-0.1, -0.05) is 49.7 Å². The number of nitrogens with zero attached hydrogens (tertiary/aromatic N) is 3. The number of benzene rings is 2. The number of hydrogen-bond acceptors (Lipinski definition) is 3. The van der Waals surface area contributed by atoms with Crippen molar-refractivity contribution in [2.45, 2.75) is 38.8 Å². The molecular weight excluding hydrogens is 338 g/mol. The first kappa shape index (κ1) is 19.0. The lowest BCUT2D eigenvalue weighted by atomic mass is 10.1. The highest BCUT2D eigenvalue weighted by molar-refractivity contribution is 6.06. The molecule has 5 nitrogen and oxygen atoms in total. The van der Waals surface area contributed by atoms with Gasteiger partial charge in [-0.2, -0.15) is 0 Å². The van der Waals surface area contributed by atoms with Crippen molar-refractivity contribution in [2.24, 2.45) is 4.99 Å². The number of carbonyl (C=O) groups is 1. The minimum atomic E-state index is -0.434. The highest BCUT2D eigenvalue weighted by atomic mass is 16.5. The molecule has 1 saturated heterocycles. The minimum absolute atomic E-state index is 0.0355. The lowest BCUT2D eigenvalue weighted by Gasteiger charge is -2.25. The van der Waals surface area contributed by atoms with Gasteiger partial charge in [0.05, 0.1) is 18.8 Å². The standard InChI is InChI=1S/C22H27N3O2/c1-4-5-16-24-17(2)20(21(26)27-3)25(19-14-10-7-11-15-19)22(24)23-18-12-8-6-9-13-18/h6-15,17,20H,4-5,16H2,1-3H3/t17-,20-/m0/s1. The third kappa shape index (κ3) is 3.97. The third-order valence-corrected chi connectivity index (χ3v) is 4.91. The Morgan fingerprint density at radius 2 is 1.70 bits per heavy atom. The molecule has 1 fully saturated rings. The molecule has 0 bridgehead atoms. The van der Waals surface area contributed by atoms with Crippen LogP contribution in [0.3, 0.4) is 0 Å². The summed E-state index contributed by atoms with van der Waals surface area (Å²) in [5, 5.41) is 0. The van der Waals surface area contributed by atoms with E-state index >= 15 is 0 Å². The number of para-hydroxylation sites is 2. The van der Waals surface area contributed by atoms with E-state index in [1.807, 2.05) is 65.6 Å². The average Bonchev–Trinajstić information content (AvgIpc) is 2.98. The van der Waals surface area contributed by atoms with Gasteiger partial charge in [-0.25, -0.2) is 9.79 Å². The van der Waals surface area contributed by atoms with Gasteiger partial charge in [0, 0.05) is 12.2 Å². The van der Waals surface area contributed by atoms with Crippen LogP contribution in [0, 0.1) is 0 Å². The minimum Gasteiger partial charge on any atom is -0.467 e. The fourth-order valence-electron chi connectivity index (χ4n) is 3.49. The Balaban J connectivity index is 2.12. The van der Waals surface area contributed by atoms with Crippen molar-refractivity contribution in [1.82, 2.24) is 4.90 Å². The second-order valence-electron chi connectivity index (χ2n) is 6.71. The number of methoxy groups -OCH3 is 1. The predicted octanol–water partition coefficient (Wildman–Crippen LogP) is 4.23. The van der Waals surface area contributed by atoms with Crippen LogP contribution >= 0.6 is 0 Å². The topological polar surface area (TPSA) is 45.1 Å². The second-order valence-corrected chi connectivity index (χ2v) is 6.71. The Morgan fingerprint density at radius 3 is 2.30 bits per heavy atom. The zero-order valence-electron chi connectivity index (χ0n) is 16.2. The Morgan fingerprint density at radius 1 is 1.07 bits per heavy atom. The zero-order chi connectivity index (χ0) is 19.2. The van der Waals surface area contributed by atoms with E-state index in [4.69, 9.17) is 9.73 Å². The molecule has 0 aromatic heterocycles. The number of anilines is 1. The Bertz CT molecular complexity index is 777. The maximum Gasteiger partial charge on any atom is 0.331 e. The van der Waals surface area contributed by atoms with E-state index in [2.05, 4.69) is 18.7 Å². The number of unbranched alkanes of at least 4 members (excludes halogenated alkanes) is 1. The van der Waals surface area contributed by atoms with Crippen LogP contribution in [0.4, 0.5) is 11.4 Å². The van der Waals surface area contributed by atoms with Crippen molar-refractivity contribution >= 4 is 23.3 Å². The molecule has 0 saturated carbocycles. The van der Waals surface area contributed by atoms with Crippen molar-refractivity contribution in [3.05, 3.63) is 60.7 Å². The monoisotopic (exact) mass is 365 g/mol. The van der Waals surface area contributed by atoms with Gasteiger partial charge in [-0.05, 0) is 37.6 Å². The van der Waals surface area contributed by atoms with Gasteiger partial charge in [0.25, 0.3) is 0 Å². The van der Waals surface area contributed by atoms with Gasteiger partial charge in [0.1, 0.15) is 0 Å². The van der Waals surface area contributed by atoms with E-state index in [1.54, 1.807) is 0 Å². The van der Waals surface area contributed by atoms with Crippen LogP contribution in [0.5, 0.6) is 0 Å². The van der Waals surface area contributed by atoms with E-state index in [-0.39, 0.29) is 12.0 Å². The predicted molar refractivity (Wildman–Crippen MR) is 109 cm³/mol. The van der Waals surface area contributed by atoms with Gasteiger partial charge in [-0.3, -0.25) is 4.90 Å². The normalized spacial score (nSPS) is 20.9. The summed E-state index contributed by atoms with van der Waals surface area (Å²) in [6.45, 7) is 5.09. The number of aliphatic imine (C=N–C) groups is 1. The first-order valence-electron chi connectivity index (χ1n) is 9.49. The SMILES string of the molecule is CCCCN1C(=Nc2ccccc2)N(c2ccccc2)[C@H](C(=O)OC)[C@@H]1C. The maximum atomic E-state index is 12.7. The van der Waals surface area contributed by atoms with Crippen LogP contribution < -0.4 is 4.90 Å². The summed E-state index contributed by atoms with van der Waals surface area (Å²) in [5.74, 6) is 0.551. The van der Waals surface area contributed by atoms with Crippen molar-refractivity contribution < 1.29 is 9.53 Å². The zero-order valence-corrected chi connectivity index (χ0v) is 16.2. The van der Waals surface area contributed by atoms with Crippen LogP contribution in [0.2, 0.25) is 0 Å². The van der Waals surface area contributed by atoms with Crippen molar-refractivity contribution in [1.29, 1.82) is 0 Å². The summed E-state index contributed by atoms with van der Waals surface area (Å²) in [6.07, 6.45) is 2.12. The molecule has 1 aliphatic heterocycles. The third-order valence-electron chi connectivity index (χ3n) is 4.91. The number of esters is 1. The van der Waals surface area contributed by atoms with E-state index in [0.29, 0.717) is 0 Å². The molecule has 0 radical (unpaired) electrons. The molecule has 142 valence electrons. The van der Waals surface area contributed by atoms with Crippen LogP contribution in [-0.4, -0.2) is 42.6 Å². The molecule has 0 unspecified atom stereocenters. The first-order valence-corrected chi connectivity index (χ1v) is 9.49. The van der Waals surface area contributed by atoms with Gasteiger partial charge in [0.15, 0.2) is 6.04 Å². The molecule has 5 heteroatoms. The van der Waals surface area contributed by atoms with Crippen molar-refractivity contribution in [3.8, 4) is 0 Å². The number of rotatable bonds is 6. The number of carbonyl (C=O) groups excluding carboxylic acids is 1. The molecule has 2 aromatic rings. The van der Waals surface area contributed by atoms with Crippen LogP contribution in [0.15, 0.2) is 65.7 Å². The molecule has 27 heavy (non-hydrogen) atoms. The van der Waals surface area contributed by atoms with Gasteiger partial charge in [0.2, 0.25) is 5.96 Å². The van der Waals surface area contributed by atoms with Crippen molar-refractivity contribution in [2.75, 3.05) is 18.6 Å². The molecule has 0 aliphatic carbocycles. The van der Waals surface area contributed by atoms with Crippen molar-refractivity contribution in [3.63, 3.8) is 0 Å². The summed E-state index contributed by atoms with van der Waals surface area (Å²) in [6, 6.07) is 19.3. The molecule has 0 spiro atoms. The molecule has 2 atom stereocenters. The molecule has 1 aliphatic rings. The van der Waals surface area contributed by atoms with E-state index in [9.17, 15) is 4.79 Å². The molecule has 0 amide bonds. The fraction of sp³-hybridized carbons (Fsp3) is 0.364. The molecular formula is C22H27N3O2. The van der Waals surface area contributed by atoms with Crippen LogP contribution in [-0.2, 0) is 9.53 Å². The average molecular weight is 365 g/mol. The van der Waals surface area contributed by atoms with E-state index in [0.717, 1.165) is 36.7 Å². The summed E-state index contributed by atoms with van der Waals surface area (Å²) < 4.78 is 5.15. The maximum absolute atomic E-state index is 12.7. The van der Waals surface area contributed by atoms with Gasteiger partial charge in [-0.15, -0.1) is 0 Å². The summed E-state index contributed by atoms with van der Waals surface area (Å²) in [7, 11) is 1.45. The van der Waals surface area contributed by atoms with E-state index < -0.39 is 6.04 Å². The van der Waals surface area contributed by atoms with E-state index in [1.165, 1.54) is 7.11 Å². The Kier molecular flexibility index (Phi) is 6.12. The molecule has 3 rings (SSSR count). The largest absolute Gasteiger partial charge is 0.467 e. The lowest BCUT2D eigenvalue weighted by Crippen LogP contribution is -2.43. The number of guanidine groups is 1. The number of hydrogen-bond donors (Lipinski definition) is 0. The highest BCUT2D eigenvalue weighted by Gasteiger charge is 2.46. The highest BCUT2D eigenvalue weighted by Crippen LogP contribution is 2.31. The first-order chi connectivity index (χ1) is 13.2. The second kappa shape index (κ2) is 8.71. The fourth-order valence-corrected chi connectivity index (χ4v) is 3.49. The smallest absolute Gasteiger partial charge is 0.331 e. The van der Waals surface area contributed by atoms with Crippen LogP contribution in [0.25, 0.3) is 0 Å². The quantitative estimate of drug-likeness (QED) is 0.719.